The quantitative estimate of drug-likeness (QED) is 0.787. The largest absolute Gasteiger partial charge is 0.508 e. The zero-order chi connectivity index (χ0) is 13.7. The molecule has 0 aliphatic heterocycles. The summed E-state index contributed by atoms with van der Waals surface area (Å²) in [4.78, 5) is 13.6. The Bertz CT molecular complexity index is 411. The van der Waals surface area contributed by atoms with Gasteiger partial charge in [-0.2, -0.15) is 0 Å². The molecule has 1 N–H and O–H groups in total. The summed E-state index contributed by atoms with van der Waals surface area (Å²) >= 11 is 0. The second-order valence-corrected chi connectivity index (χ2v) is 4.79. The number of benzene rings is 1. The van der Waals surface area contributed by atoms with E-state index in [9.17, 15) is 9.90 Å². The molecule has 0 aliphatic rings. The summed E-state index contributed by atoms with van der Waals surface area (Å²) in [6, 6.07) is 5.56. The van der Waals surface area contributed by atoms with E-state index in [4.69, 9.17) is 0 Å². The van der Waals surface area contributed by atoms with Crippen LogP contribution in [0.5, 0.6) is 5.75 Å². The molecule has 1 aromatic rings. The molecule has 100 valence electrons. The first-order valence-electron chi connectivity index (χ1n) is 6.52. The lowest BCUT2D eigenvalue weighted by Crippen LogP contribution is -2.30. The van der Waals surface area contributed by atoms with E-state index in [0.29, 0.717) is 18.2 Å². The smallest absolute Gasteiger partial charge is 0.159 e. The number of carbonyl (C=O) groups is 1. The van der Waals surface area contributed by atoms with Crippen molar-refractivity contribution in [3.8, 4) is 5.75 Å². The second kappa shape index (κ2) is 6.55. The Morgan fingerprint density at radius 3 is 2.44 bits per heavy atom. The molecule has 0 bridgehead atoms. The van der Waals surface area contributed by atoms with Gasteiger partial charge in [-0.05, 0) is 45.0 Å². The summed E-state index contributed by atoms with van der Waals surface area (Å²) < 4.78 is 0. The normalized spacial score (nSPS) is 11.2. The number of hydrogen-bond donors (Lipinski definition) is 1. The van der Waals surface area contributed by atoms with Crippen molar-refractivity contribution >= 4 is 5.78 Å². The molecular formula is C15H23NO2. The lowest BCUT2D eigenvalue weighted by molar-refractivity contribution is 0.101. The maximum absolute atomic E-state index is 11.3. The number of phenols is 1. The lowest BCUT2D eigenvalue weighted by atomic mass is 10.0. The number of hydrogen-bond acceptors (Lipinski definition) is 3. The summed E-state index contributed by atoms with van der Waals surface area (Å²) in [6.45, 7) is 6.53. The Morgan fingerprint density at radius 1 is 1.33 bits per heavy atom. The molecule has 3 nitrogen and oxygen atoms in total. The highest BCUT2D eigenvalue weighted by molar-refractivity contribution is 5.94. The summed E-state index contributed by atoms with van der Waals surface area (Å²) in [5.74, 6) is 0.291. The summed E-state index contributed by atoms with van der Waals surface area (Å²) in [6.07, 6.45) is 2.17. The Hall–Kier alpha value is -1.35. The van der Waals surface area contributed by atoms with Gasteiger partial charge in [0.1, 0.15) is 5.75 Å². The van der Waals surface area contributed by atoms with Crippen molar-refractivity contribution in [1.29, 1.82) is 0 Å². The van der Waals surface area contributed by atoms with Crippen LogP contribution in [0, 0.1) is 0 Å². The Kier molecular flexibility index (Phi) is 5.35. The minimum atomic E-state index is 0.0291. The van der Waals surface area contributed by atoms with Crippen LogP contribution in [-0.4, -0.2) is 28.9 Å². The van der Waals surface area contributed by atoms with E-state index in [1.54, 1.807) is 25.1 Å². The third-order valence-corrected chi connectivity index (χ3v) is 3.47. The third-order valence-electron chi connectivity index (χ3n) is 3.47. The van der Waals surface area contributed by atoms with E-state index in [1.165, 1.54) is 0 Å². The van der Waals surface area contributed by atoms with Gasteiger partial charge in [-0.15, -0.1) is 0 Å². The van der Waals surface area contributed by atoms with Crippen LogP contribution in [0.4, 0.5) is 0 Å². The minimum absolute atomic E-state index is 0.0291. The van der Waals surface area contributed by atoms with Crippen molar-refractivity contribution in [2.45, 2.75) is 46.2 Å². The molecule has 0 aromatic heterocycles. The fourth-order valence-electron chi connectivity index (χ4n) is 2.24. The first-order valence-corrected chi connectivity index (χ1v) is 6.52. The van der Waals surface area contributed by atoms with Crippen molar-refractivity contribution in [3.05, 3.63) is 29.3 Å². The van der Waals surface area contributed by atoms with E-state index >= 15 is 0 Å². The molecule has 1 rings (SSSR count). The van der Waals surface area contributed by atoms with E-state index in [0.717, 1.165) is 18.4 Å². The zero-order valence-corrected chi connectivity index (χ0v) is 11.7. The number of aromatic hydroxyl groups is 1. The molecule has 0 amide bonds. The molecule has 18 heavy (non-hydrogen) atoms. The minimum Gasteiger partial charge on any atom is -0.508 e. The first-order chi connectivity index (χ1) is 8.49. The van der Waals surface area contributed by atoms with Crippen LogP contribution in [0.25, 0.3) is 0 Å². The highest BCUT2D eigenvalue weighted by Gasteiger charge is 2.13. The number of Topliss-reactive ketones (excluding diaryl/α,β-unsaturated/α-hetero) is 1. The van der Waals surface area contributed by atoms with Crippen molar-refractivity contribution in [1.82, 2.24) is 4.90 Å². The van der Waals surface area contributed by atoms with Crippen LogP contribution >= 0.6 is 0 Å². The van der Waals surface area contributed by atoms with Crippen molar-refractivity contribution < 1.29 is 9.90 Å². The number of nitrogens with zero attached hydrogens (tertiary/aromatic N) is 1. The van der Waals surface area contributed by atoms with Crippen LogP contribution in [0.2, 0.25) is 0 Å². The summed E-state index contributed by atoms with van der Waals surface area (Å²) in [5.41, 5.74) is 1.47. The maximum Gasteiger partial charge on any atom is 0.159 e. The summed E-state index contributed by atoms with van der Waals surface area (Å²) in [7, 11) is 2.05. The predicted octanol–water partition coefficient (Wildman–Crippen LogP) is 3.22. The lowest BCUT2D eigenvalue weighted by Gasteiger charge is -2.26. The van der Waals surface area contributed by atoms with Crippen LogP contribution in [0.15, 0.2) is 18.2 Å². The molecule has 0 spiro atoms. The molecule has 0 aliphatic carbocycles. The molecular weight excluding hydrogens is 226 g/mol. The number of ketones is 1. The van der Waals surface area contributed by atoms with Crippen molar-refractivity contribution in [3.63, 3.8) is 0 Å². The number of rotatable bonds is 6. The Morgan fingerprint density at radius 2 is 1.94 bits per heavy atom. The fourth-order valence-corrected chi connectivity index (χ4v) is 2.24. The van der Waals surface area contributed by atoms with Crippen molar-refractivity contribution in [2.75, 3.05) is 7.05 Å². The van der Waals surface area contributed by atoms with Gasteiger partial charge in [0.05, 0.1) is 0 Å². The van der Waals surface area contributed by atoms with Gasteiger partial charge >= 0.3 is 0 Å². The monoisotopic (exact) mass is 249 g/mol. The van der Waals surface area contributed by atoms with E-state index in [1.807, 2.05) is 0 Å². The molecule has 0 fully saturated rings. The molecule has 0 saturated heterocycles. The first kappa shape index (κ1) is 14.7. The number of carbonyl (C=O) groups excluding carboxylic acids is 1. The Labute approximate surface area is 109 Å². The van der Waals surface area contributed by atoms with Crippen LogP contribution in [-0.2, 0) is 6.54 Å². The zero-order valence-electron chi connectivity index (χ0n) is 11.7. The van der Waals surface area contributed by atoms with Crippen LogP contribution in [0.3, 0.4) is 0 Å². The van der Waals surface area contributed by atoms with E-state index < -0.39 is 0 Å². The molecule has 0 atom stereocenters. The summed E-state index contributed by atoms with van der Waals surface area (Å²) in [5, 5.41) is 9.85. The van der Waals surface area contributed by atoms with Gasteiger partial charge in [-0.25, -0.2) is 0 Å². The average molecular weight is 249 g/mol. The van der Waals surface area contributed by atoms with Gasteiger partial charge in [0.25, 0.3) is 0 Å². The van der Waals surface area contributed by atoms with Gasteiger partial charge in [0.15, 0.2) is 5.78 Å². The van der Waals surface area contributed by atoms with Gasteiger partial charge in [0, 0.05) is 23.7 Å². The highest BCUT2D eigenvalue weighted by Crippen LogP contribution is 2.22. The number of phenolic OH excluding ortho intramolecular Hbond substituents is 1. The van der Waals surface area contributed by atoms with Crippen LogP contribution in [0.1, 0.15) is 49.5 Å². The van der Waals surface area contributed by atoms with Crippen molar-refractivity contribution in [2.24, 2.45) is 0 Å². The standard InChI is InChI=1S/C15H23NO2/c1-5-14(6-2)16(4)10-13-9-12(11(3)17)7-8-15(13)18/h7-9,14,18H,5-6,10H2,1-4H3. The highest BCUT2D eigenvalue weighted by atomic mass is 16.3. The van der Waals surface area contributed by atoms with Gasteiger partial charge in [-0.3, -0.25) is 9.69 Å². The molecule has 0 heterocycles. The van der Waals surface area contributed by atoms with E-state index in [-0.39, 0.29) is 11.5 Å². The van der Waals surface area contributed by atoms with Gasteiger partial charge in [-0.1, -0.05) is 13.8 Å². The second-order valence-electron chi connectivity index (χ2n) is 4.79. The predicted molar refractivity (Wildman–Crippen MR) is 73.9 cm³/mol. The molecule has 0 unspecified atom stereocenters. The molecule has 3 heteroatoms. The topological polar surface area (TPSA) is 40.5 Å². The van der Waals surface area contributed by atoms with Gasteiger partial charge in [0.2, 0.25) is 0 Å². The Balaban J connectivity index is 2.89. The molecule has 0 saturated carbocycles. The molecule has 0 radical (unpaired) electrons. The van der Waals surface area contributed by atoms with Gasteiger partial charge < -0.3 is 5.11 Å². The SMILES string of the molecule is CCC(CC)N(C)Cc1cc(C(C)=O)ccc1O. The molecule has 1 aromatic carbocycles. The van der Waals surface area contributed by atoms with E-state index in [2.05, 4.69) is 25.8 Å². The fraction of sp³-hybridized carbons (Fsp3) is 0.533. The van der Waals surface area contributed by atoms with Crippen LogP contribution < -0.4 is 0 Å². The third kappa shape index (κ3) is 3.57. The average Bonchev–Trinajstić information content (AvgIpc) is 2.33. The maximum atomic E-state index is 11.3.